The molecule has 122 valence electrons. The van der Waals surface area contributed by atoms with Crippen LogP contribution in [0.3, 0.4) is 0 Å². The number of rotatable bonds is 5. The summed E-state index contributed by atoms with van der Waals surface area (Å²) in [6.07, 6.45) is 4.12. The summed E-state index contributed by atoms with van der Waals surface area (Å²) in [5.41, 5.74) is 3.26. The van der Waals surface area contributed by atoms with Gasteiger partial charge in [0, 0.05) is 24.7 Å². The highest BCUT2D eigenvalue weighted by Crippen LogP contribution is 2.28. The lowest BCUT2D eigenvalue weighted by Gasteiger charge is -2.05. The summed E-state index contributed by atoms with van der Waals surface area (Å²) in [4.78, 5) is 5.88. The van der Waals surface area contributed by atoms with E-state index < -0.39 is 0 Å². The zero-order chi connectivity index (χ0) is 16.5. The van der Waals surface area contributed by atoms with Crippen molar-refractivity contribution in [2.24, 2.45) is 0 Å². The Morgan fingerprint density at radius 2 is 2.12 bits per heavy atom. The number of aromatic nitrogens is 5. The molecule has 0 aliphatic rings. The first kappa shape index (κ1) is 15.4. The predicted molar refractivity (Wildman–Crippen MR) is 98.5 cm³/mol. The number of aryl methyl sites for hydroxylation is 1. The van der Waals surface area contributed by atoms with E-state index in [9.17, 15) is 0 Å². The Hall–Kier alpha value is -2.12. The average Bonchev–Trinajstić information content (AvgIpc) is 3.31. The van der Waals surface area contributed by atoms with E-state index in [1.165, 1.54) is 5.56 Å². The first-order valence-electron chi connectivity index (χ1n) is 7.79. The lowest BCUT2D eigenvalue weighted by molar-refractivity contribution is 0.688. The van der Waals surface area contributed by atoms with Crippen LogP contribution in [0.1, 0.15) is 18.2 Å². The highest BCUT2D eigenvalue weighted by Gasteiger charge is 2.14. The lowest BCUT2D eigenvalue weighted by atomic mass is 10.3. The summed E-state index contributed by atoms with van der Waals surface area (Å²) >= 11 is 3.37. The van der Waals surface area contributed by atoms with Crippen molar-refractivity contribution >= 4 is 28.7 Å². The summed E-state index contributed by atoms with van der Waals surface area (Å²) in [6, 6.07) is 8.25. The van der Waals surface area contributed by atoms with E-state index in [1.807, 2.05) is 18.3 Å². The van der Waals surface area contributed by atoms with Gasteiger partial charge in [-0.2, -0.15) is 0 Å². The maximum atomic E-state index is 4.73. The second-order valence-corrected chi connectivity index (χ2v) is 7.36. The van der Waals surface area contributed by atoms with Crippen LogP contribution in [0.15, 0.2) is 47.2 Å². The smallest absolute Gasteiger partial charge is 0.191 e. The molecule has 0 radical (unpaired) electrons. The molecule has 0 aromatic carbocycles. The van der Waals surface area contributed by atoms with Crippen molar-refractivity contribution in [1.82, 2.24) is 24.1 Å². The average molecular weight is 355 g/mol. The summed E-state index contributed by atoms with van der Waals surface area (Å²) in [5, 5.41) is 11.8. The summed E-state index contributed by atoms with van der Waals surface area (Å²) in [7, 11) is 0. The van der Waals surface area contributed by atoms with Crippen LogP contribution in [0.4, 0.5) is 0 Å². The molecule has 0 atom stereocenters. The SMILES string of the molecule is CCn1c(SCc2cn3cccc(C)c3n2)nnc1-c1cccs1. The van der Waals surface area contributed by atoms with Crippen LogP contribution in [0.2, 0.25) is 0 Å². The number of fused-ring (bicyclic) bond motifs is 1. The van der Waals surface area contributed by atoms with Gasteiger partial charge in [-0.25, -0.2) is 4.98 Å². The molecule has 0 N–H and O–H groups in total. The van der Waals surface area contributed by atoms with Crippen molar-refractivity contribution in [3.8, 4) is 10.7 Å². The minimum Gasteiger partial charge on any atom is -0.307 e. The van der Waals surface area contributed by atoms with Crippen molar-refractivity contribution in [3.63, 3.8) is 0 Å². The fourth-order valence-corrected chi connectivity index (χ4v) is 4.28. The molecular formula is C17H17N5S2. The highest BCUT2D eigenvalue weighted by atomic mass is 32.2. The van der Waals surface area contributed by atoms with Gasteiger partial charge in [0.2, 0.25) is 0 Å². The van der Waals surface area contributed by atoms with Crippen LogP contribution in [-0.4, -0.2) is 24.1 Å². The molecule has 4 rings (SSSR count). The zero-order valence-electron chi connectivity index (χ0n) is 13.5. The van der Waals surface area contributed by atoms with Gasteiger partial charge in [0.25, 0.3) is 0 Å². The summed E-state index contributed by atoms with van der Waals surface area (Å²) in [5.74, 6) is 1.73. The molecule has 0 spiro atoms. The number of hydrogen-bond donors (Lipinski definition) is 0. The third-order valence-corrected chi connectivity index (χ3v) is 5.72. The summed E-state index contributed by atoms with van der Waals surface area (Å²) in [6.45, 7) is 5.06. The molecule has 7 heteroatoms. The fourth-order valence-electron chi connectivity index (χ4n) is 2.68. The largest absolute Gasteiger partial charge is 0.307 e. The molecule has 0 fully saturated rings. The van der Waals surface area contributed by atoms with E-state index in [-0.39, 0.29) is 0 Å². The van der Waals surface area contributed by atoms with Gasteiger partial charge in [-0.3, -0.25) is 0 Å². The predicted octanol–water partition coefficient (Wildman–Crippen LogP) is 4.27. The number of nitrogens with zero attached hydrogens (tertiary/aromatic N) is 5. The third-order valence-electron chi connectivity index (χ3n) is 3.85. The minimum atomic E-state index is 0.781. The second-order valence-electron chi connectivity index (χ2n) is 5.47. The van der Waals surface area contributed by atoms with Gasteiger partial charge in [0.1, 0.15) is 5.65 Å². The molecular weight excluding hydrogens is 338 g/mol. The quantitative estimate of drug-likeness (QED) is 0.502. The monoisotopic (exact) mass is 355 g/mol. The third kappa shape index (κ3) is 2.74. The van der Waals surface area contributed by atoms with E-state index in [2.05, 4.69) is 56.7 Å². The number of pyridine rings is 1. The van der Waals surface area contributed by atoms with E-state index in [1.54, 1.807) is 23.1 Å². The Morgan fingerprint density at radius 3 is 2.88 bits per heavy atom. The maximum absolute atomic E-state index is 4.73. The van der Waals surface area contributed by atoms with Crippen molar-refractivity contribution < 1.29 is 0 Å². The maximum Gasteiger partial charge on any atom is 0.191 e. The molecule has 4 aromatic heterocycles. The fraction of sp³-hybridized carbons (Fsp3) is 0.235. The normalized spacial score (nSPS) is 11.4. The lowest BCUT2D eigenvalue weighted by Crippen LogP contribution is -1.99. The number of thiophene rings is 1. The minimum absolute atomic E-state index is 0.781. The second kappa shape index (κ2) is 6.41. The number of hydrogen-bond acceptors (Lipinski definition) is 5. The molecule has 4 heterocycles. The van der Waals surface area contributed by atoms with Crippen LogP contribution < -0.4 is 0 Å². The summed E-state index contributed by atoms with van der Waals surface area (Å²) < 4.78 is 4.24. The molecule has 5 nitrogen and oxygen atoms in total. The molecule has 24 heavy (non-hydrogen) atoms. The van der Waals surface area contributed by atoms with Gasteiger partial charge in [0.05, 0.1) is 10.6 Å². The van der Waals surface area contributed by atoms with Crippen molar-refractivity contribution in [1.29, 1.82) is 0 Å². The number of thioether (sulfide) groups is 1. The van der Waals surface area contributed by atoms with Crippen LogP contribution in [0.5, 0.6) is 0 Å². The van der Waals surface area contributed by atoms with E-state index >= 15 is 0 Å². The Kier molecular flexibility index (Phi) is 4.12. The van der Waals surface area contributed by atoms with Gasteiger partial charge in [-0.05, 0) is 36.9 Å². The first-order chi connectivity index (χ1) is 11.8. The van der Waals surface area contributed by atoms with Crippen LogP contribution in [0, 0.1) is 6.92 Å². The van der Waals surface area contributed by atoms with Gasteiger partial charge >= 0.3 is 0 Å². The Morgan fingerprint density at radius 1 is 1.21 bits per heavy atom. The Labute approximate surface area is 148 Å². The Balaban J connectivity index is 1.58. The zero-order valence-corrected chi connectivity index (χ0v) is 15.1. The van der Waals surface area contributed by atoms with Crippen molar-refractivity contribution in [2.75, 3.05) is 0 Å². The van der Waals surface area contributed by atoms with Gasteiger partial charge in [-0.15, -0.1) is 21.5 Å². The van der Waals surface area contributed by atoms with Gasteiger partial charge in [-0.1, -0.05) is 23.9 Å². The van der Waals surface area contributed by atoms with Gasteiger partial charge in [0.15, 0.2) is 11.0 Å². The van der Waals surface area contributed by atoms with Crippen molar-refractivity contribution in [2.45, 2.75) is 31.3 Å². The molecule has 0 saturated heterocycles. The molecule has 4 aromatic rings. The molecule has 0 amide bonds. The van der Waals surface area contributed by atoms with Crippen LogP contribution in [-0.2, 0) is 12.3 Å². The Bertz CT molecular complexity index is 968. The topological polar surface area (TPSA) is 48.0 Å². The van der Waals surface area contributed by atoms with Crippen LogP contribution >= 0.6 is 23.1 Å². The molecule has 0 aliphatic heterocycles. The van der Waals surface area contributed by atoms with E-state index in [4.69, 9.17) is 4.98 Å². The molecule has 0 aliphatic carbocycles. The molecule has 0 unspecified atom stereocenters. The van der Waals surface area contributed by atoms with Gasteiger partial charge < -0.3 is 8.97 Å². The standard InChI is InChI=1S/C17H17N5S2/c1-3-22-16(14-7-5-9-23-14)19-20-17(22)24-11-13-10-21-8-4-6-12(2)15(21)18-13/h4-10H,3,11H2,1-2H3. The van der Waals surface area contributed by atoms with E-state index in [0.29, 0.717) is 0 Å². The van der Waals surface area contributed by atoms with E-state index in [0.717, 1.165) is 39.5 Å². The first-order valence-corrected chi connectivity index (χ1v) is 9.66. The van der Waals surface area contributed by atoms with Crippen LogP contribution in [0.25, 0.3) is 16.3 Å². The molecule has 0 bridgehead atoms. The highest BCUT2D eigenvalue weighted by molar-refractivity contribution is 7.98. The van der Waals surface area contributed by atoms with Crippen molar-refractivity contribution in [3.05, 3.63) is 53.3 Å². The molecule has 0 saturated carbocycles. The number of imidazole rings is 1.